The number of aliphatic hydroxyl groups excluding tert-OH is 1. The van der Waals surface area contributed by atoms with E-state index >= 15 is 0 Å². The first kappa shape index (κ1) is 23.0. The minimum absolute atomic E-state index is 0.0330. The number of aliphatic hydroxyl groups is 1. The zero-order chi connectivity index (χ0) is 23.5. The highest BCUT2D eigenvalue weighted by Gasteiger charge is 2.56. The van der Waals surface area contributed by atoms with Crippen molar-refractivity contribution >= 4 is 29.2 Å². The van der Waals surface area contributed by atoms with E-state index in [1.807, 2.05) is 36.5 Å². The Hall–Kier alpha value is -3.15. The number of nitrogens with zero attached hydrogens (tertiary/aromatic N) is 3. The fourth-order valence-electron chi connectivity index (χ4n) is 4.62. The third-order valence-electron chi connectivity index (χ3n) is 6.15. The van der Waals surface area contributed by atoms with Gasteiger partial charge in [0.2, 0.25) is 5.91 Å². The molecule has 1 amide bonds. The number of thioether (sulfide) groups is 1. The Morgan fingerprint density at radius 2 is 2.06 bits per heavy atom. The standard InChI is InChI=1S/C25H25N3O4S/c1-16(29)22-21-12-20(23(25(31)32)28(21)24(22)30)19-7-5-17(6-8-19)13-27-10-2-4-18(14-27)15-33-11-3-9-26/h2,4-8,10,14,16,21-22,29H,3,11-13,15H2,1H3/p+1/t16-,21-,22-/m1/s1. The molecule has 0 unspecified atom stereocenters. The average Bonchev–Trinajstić information content (AvgIpc) is 3.12. The predicted molar refractivity (Wildman–Crippen MR) is 124 cm³/mol. The van der Waals surface area contributed by atoms with E-state index in [0.29, 0.717) is 25.0 Å². The van der Waals surface area contributed by atoms with Crippen LogP contribution in [-0.2, 0) is 21.9 Å². The Labute approximate surface area is 197 Å². The van der Waals surface area contributed by atoms with Gasteiger partial charge in [-0.2, -0.15) is 17.0 Å². The van der Waals surface area contributed by atoms with Crippen LogP contribution in [0.1, 0.15) is 36.5 Å². The second kappa shape index (κ2) is 9.77. The highest BCUT2D eigenvalue weighted by Crippen LogP contribution is 2.46. The minimum atomic E-state index is -1.12. The number of carboxylic acids is 1. The number of amides is 1. The summed E-state index contributed by atoms with van der Waals surface area (Å²) in [7, 11) is 0. The molecule has 0 saturated carbocycles. The molecule has 0 bridgehead atoms. The number of aliphatic carboxylic acids is 1. The summed E-state index contributed by atoms with van der Waals surface area (Å²) in [6.07, 6.45) is 4.29. The van der Waals surface area contributed by atoms with Crippen molar-refractivity contribution < 1.29 is 24.4 Å². The summed E-state index contributed by atoms with van der Waals surface area (Å²) < 4.78 is 2.10. The van der Waals surface area contributed by atoms with Crippen LogP contribution in [0.25, 0.3) is 5.57 Å². The number of carbonyl (C=O) groups is 2. The smallest absolute Gasteiger partial charge is 0.352 e. The van der Waals surface area contributed by atoms with Crippen molar-refractivity contribution in [2.45, 2.75) is 44.2 Å². The van der Waals surface area contributed by atoms with Crippen LogP contribution in [0, 0.1) is 17.2 Å². The van der Waals surface area contributed by atoms with Gasteiger partial charge in [-0.25, -0.2) is 9.36 Å². The first-order valence-corrected chi connectivity index (χ1v) is 12.1. The molecule has 3 atom stereocenters. The summed E-state index contributed by atoms with van der Waals surface area (Å²) in [6, 6.07) is 13.7. The molecule has 2 aromatic rings. The molecular weight excluding hydrogens is 438 g/mol. The van der Waals surface area contributed by atoms with E-state index in [9.17, 15) is 19.8 Å². The van der Waals surface area contributed by atoms with Crippen LogP contribution >= 0.6 is 11.8 Å². The number of hydrogen-bond acceptors (Lipinski definition) is 5. The second-order valence-electron chi connectivity index (χ2n) is 8.42. The van der Waals surface area contributed by atoms with Gasteiger partial charge in [0.1, 0.15) is 5.70 Å². The van der Waals surface area contributed by atoms with Gasteiger partial charge < -0.3 is 15.1 Å². The summed E-state index contributed by atoms with van der Waals surface area (Å²) in [6.45, 7) is 2.25. The van der Waals surface area contributed by atoms with Gasteiger partial charge in [0.05, 0.1) is 24.1 Å². The summed E-state index contributed by atoms with van der Waals surface area (Å²) in [4.78, 5) is 25.7. The molecule has 0 aliphatic carbocycles. The normalized spacial score (nSPS) is 20.3. The summed E-state index contributed by atoms with van der Waals surface area (Å²) >= 11 is 1.74. The number of fused-ring (bicyclic) bond motifs is 1. The molecule has 3 heterocycles. The lowest BCUT2D eigenvalue weighted by Crippen LogP contribution is -2.61. The summed E-state index contributed by atoms with van der Waals surface area (Å²) in [5.41, 5.74) is 3.73. The number of benzene rings is 1. The lowest BCUT2D eigenvalue weighted by atomic mass is 9.82. The van der Waals surface area contributed by atoms with Crippen LogP contribution in [0.3, 0.4) is 0 Å². The van der Waals surface area contributed by atoms with Crippen LogP contribution in [0.15, 0.2) is 54.5 Å². The van der Waals surface area contributed by atoms with Crippen molar-refractivity contribution in [1.29, 1.82) is 5.26 Å². The van der Waals surface area contributed by atoms with E-state index in [4.69, 9.17) is 5.26 Å². The molecule has 1 saturated heterocycles. The Morgan fingerprint density at radius 1 is 1.30 bits per heavy atom. The molecule has 4 rings (SSSR count). The van der Waals surface area contributed by atoms with Crippen LogP contribution in [0.2, 0.25) is 0 Å². The van der Waals surface area contributed by atoms with Crippen molar-refractivity contribution in [1.82, 2.24) is 4.90 Å². The summed E-state index contributed by atoms with van der Waals surface area (Å²) in [5.74, 6) is -0.298. The third-order valence-corrected chi connectivity index (χ3v) is 7.18. The largest absolute Gasteiger partial charge is 0.477 e. The predicted octanol–water partition coefficient (Wildman–Crippen LogP) is 2.58. The fourth-order valence-corrected chi connectivity index (χ4v) is 5.40. The maximum absolute atomic E-state index is 12.4. The Morgan fingerprint density at radius 3 is 2.73 bits per heavy atom. The highest BCUT2D eigenvalue weighted by molar-refractivity contribution is 7.98. The minimum Gasteiger partial charge on any atom is -0.477 e. The van der Waals surface area contributed by atoms with E-state index in [0.717, 1.165) is 22.6 Å². The first-order valence-electron chi connectivity index (χ1n) is 10.9. The van der Waals surface area contributed by atoms with Crippen molar-refractivity contribution in [2.75, 3.05) is 5.75 Å². The number of rotatable bonds is 9. The molecule has 170 valence electrons. The fraction of sp³-hybridized carbons (Fsp3) is 0.360. The van der Waals surface area contributed by atoms with Crippen molar-refractivity contribution in [3.8, 4) is 6.07 Å². The van der Waals surface area contributed by atoms with Gasteiger partial charge in [-0.05, 0) is 30.5 Å². The lowest BCUT2D eigenvalue weighted by Gasteiger charge is -2.44. The molecule has 2 aliphatic rings. The number of nitriles is 1. The molecule has 2 N–H and O–H groups in total. The number of pyridine rings is 1. The maximum atomic E-state index is 12.4. The highest BCUT2D eigenvalue weighted by atomic mass is 32.2. The van der Waals surface area contributed by atoms with E-state index in [1.165, 1.54) is 10.5 Å². The molecular formula is C25H26N3O4S+. The number of β-lactam (4-membered cyclic amide) rings is 1. The van der Waals surface area contributed by atoms with E-state index < -0.39 is 18.0 Å². The molecule has 1 aromatic heterocycles. The van der Waals surface area contributed by atoms with Gasteiger partial charge in [0.15, 0.2) is 18.9 Å². The van der Waals surface area contributed by atoms with Crippen LogP contribution in [0.5, 0.6) is 0 Å². The van der Waals surface area contributed by atoms with Gasteiger partial charge in [0, 0.05) is 35.1 Å². The Bertz CT molecular complexity index is 1140. The quantitative estimate of drug-likeness (QED) is 0.336. The second-order valence-corrected chi connectivity index (χ2v) is 9.53. The summed E-state index contributed by atoms with van der Waals surface area (Å²) in [5, 5.41) is 28.3. The zero-order valence-corrected chi connectivity index (χ0v) is 19.2. The van der Waals surface area contributed by atoms with Gasteiger partial charge in [-0.1, -0.05) is 24.3 Å². The zero-order valence-electron chi connectivity index (χ0n) is 18.3. The number of hydrogen-bond donors (Lipinski definition) is 2. The van der Waals surface area contributed by atoms with Crippen LogP contribution < -0.4 is 4.57 Å². The molecule has 33 heavy (non-hydrogen) atoms. The molecule has 0 radical (unpaired) electrons. The molecule has 2 aliphatic heterocycles. The monoisotopic (exact) mass is 464 g/mol. The third kappa shape index (κ3) is 4.65. The average molecular weight is 465 g/mol. The first-order chi connectivity index (χ1) is 15.9. The van der Waals surface area contributed by atoms with Crippen molar-refractivity contribution in [3.05, 3.63) is 71.2 Å². The number of carbonyl (C=O) groups excluding carboxylic acids is 1. The molecule has 1 aromatic carbocycles. The van der Waals surface area contributed by atoms with Gasteiger partial charge in [0.25, 0.3) is 0 Å². The Kier molecular flexibility index (Phi) is 6.82. The molecule has 8 heteroatoms. The van der Waals surface area contributed by atoms with Gasteiger partial charge in [-0.15, -0.1) is 0 Å². The number of aromatic nitrogens is 1. The molecule has 0 spiro atoms. The maximum Gasteiger partial charge on any atom is 0.352 e. The topological polar surface area (TPSA) is 106 Å². The molecule has 1 fully saturated rings. The van der Waals surface area contributed by atoms with E-state index in [1.54, 1.807) is 18.7 Å². The van der Waals surface area contributed by atoms with E-state index in [-0.39, 0.29) is 17.6 Å². The SMILES string of the molecule is C[C@@H](O)[C@H]1C(=O)N2C(C(=O)O)=C(c3ccc(C[n+]4cccc(CSCCC#N)c4)cc3)C[C@H]12. The van der Waals surface area contributed by atoms with Crippen LogP contribution in [-0.4, -0.2) is 44.9 Å². The Balaban J connectivity index is 1.48. The van der Waals surface area contributed by atoms with Gasteiger partial charge in [-0.3, -0.25) is 4.79 Å². The lowest BCUT2D eigenvalue weighted by molar-refractivity contribution is -0.688. The van der Waals surface area contributed by atoms with Crippen molar-refractivity contribution in [3.63, 3.8) is 0 Å². The van der Waals surface area contributed by atoms with Crippen LogP contribution in [0.4, 0.5) is 0 Å². The van der Waals surface area contributed by atoms with E-state index in [2.05, 4.69) is 22.9 Å². The molecule has 7 nitrogen and oxygen atoms in total. The van der Waals surface area contributed by atoms with Crippen molar-refractivity contribution in [2.24, 2.45) is 5.92 Å². The van der Waals surface area contributed by atoms with Gasteiger partial charge >= 0.3 is 5.97 Å². The number of carboxylic acid groups (broad SMARTS) is 1.